The number of benzene rings is 1. The van der Waals surface area contributed by atoms with Crippen molar-refractivity contribution in [2.45, 2.75) is 25.7 Å². The number of hydrogen-bond donors (Lipinski definition) is 1. The lowest BCUT2D eigenvalue weighted by molar-refractivity contribution is -0.124. The summed E-state index contributed by atoms with van der Waals surface area (Å²) in [5, 5.41) is 2.97. The predicted octanol–water partition coefficient (Wildman–Crippen LogP) is 2.16. The lowest BCUT2D eigenvalue weighted by Crippen LogP contribution is -2.30. The zero-order chi connectivity index (χ0) is 13.7. The van der Waals surface area contributed by atoms with Crippen LogP contribution in [0.2, 0.25) is 0 Å². The standard InChI is InChI=1S/C15H21NO3/c1-18-13-7-6-11(10-14(13)19-2)9-12-5-3-4-8-16-15(12)17/h6-7,10,12H,3-5,8-9H2,1-2H3,(H,16,17). The number of ether oxygens (including phenoxy) is 2. The van der Waals surface area contributed by atoms with Gasteiger partial charge in [0.25, 0.3) is 0 Å². The molecule has 1 heterocycles. The molecule has 104 valence electrons. The molecule has 0 bridgehead atoms. The van der Waals surface area contributed by atoms with E-state index in [9.17, 15) is 4.79 Å². The molecule has 1 aliphatic rings. The Labute approximate surface area is 114 Å². The van der Waals surface area contributed by atoms with Crippen molar-refractivity contribution in [3.63, 3.8) is 0 Å². The molecule has 19 heavy (non-hydrogen) atoms. The Morgan fingerprint density at radius 2 is 2.00 bits per heavy atom. The van der Waals surface area contributed by atoms with Crippen LogP contribution in [0.4, 0.5) is 0 Å². The van der Waals surface area contributed by atoms with Gasteiger partial charge in [-0.15, -0.1) is 0 Å². The SMILES string of the molecule is COc1ccc(CC2CCCCNC2=O)cc1OC. The maximum Gasteiger partial charge on any atom is 0.223 e. The number of rotatable bonds is 4. The summed E-state index contributed by atoms with van der Waals surface area (Å²) in [7, 11) is 3.25. The summed E-state index contributed by atoms with van der Waals surface area (Å²) >= 11 is 0. The van der Waals surface area contributed by atoms with Gasteiger partial charge in [0.2, 0.25) is 5.91 Å². The number of carbonyl (C=O) groups excluding carboxylic acids is 1. The van der Waals surface area contributed by atoms with Crippen LogP contribution in [0.1, 0.15) is 24.8 Å². The molecule has 1 aromatic carbocycles. The number of amides is 1. The summed E-state index contributed by atoms with van der Waals surface area (Å²) in [6, 6.07) is 5.85. The van der Waals surface area contributed by atoms with E-state index in [1.807, 2.05) is 18.2 Å². The summed E-state index contributed by atoms with van der Waals surface area (Å²) in [4.78, 5) is 11.9. The van der Waals surface area contributed by atoms with Gasteiger partial charge in [-0.1, -0.05) is 12.5 Å². The first kappa shape index (κ1) is 13.7. The van der Waals surface area contributed by atoms with Crippen molar-refractivity contribution < 1.29 is 14.3 Å². The summed E-state index contributed by atoms with van der Waals surface area (Å²) in [5.74, 6) is 1.68. The van der Waals surface area contributed by atoms with Gasteiger partial charge >= 0.3 is 0 Å². The molecule has 1 N–H and O–H groups in total. The number of methoxy groups -OCH3 is 2. The minimum atomic E-state index is 0.0700. The molecule has 0 radical (unpaired) electrons. The molecular weight excluding hydrogens is 242 g/mol. The first-order valence-electron chi connectivity index (χ1n) is 6.73. The van der Waals surface area contributed by atoms with Crippen LogP contribution in [0.15, 0.2) is 18.2 Å². The van der Waals surface area contributed by atoms with E-state index in [1.54, 1.807) is 14.2 Å². The van der Waals surface area contributed by atoms with E-state index in [2.05, 4.69) is 5.32 Å². The van der Waals surface area contributed by atoms with Crippen molar-refractivity contribution in [2.75, 3.05) is 20.8 Å². The predicted molar refractivity (Wildman–Crippen MR) is 73.6 cm³/mol. The first-order chi connectivity index (χ1) is 9.24. The average Bonchev–Trinajstić information content (AvgIpc) is 2.64. The van der Waals surface area contributed by atoms with Gasteiger partial charge in [0.15, 0.2) is 11.5 Å². The minimum absolute atomic E-state index is 0.0700. The van der Waals surface area contributed by atoms with Crippen molar-refractivity contribution in [3.8, 4) is 11.5 Å². The van der Waals surface area contributed by atoms with Crippen LogP contribution in [-0.4, -0.2) is 26.7 Å². The van der Waals surface area contributed by atoms with Crippen molar-refractivity contribution in [3.05, 3.63) is 23.8 Å². The normalized spacial score (nSPS) is 19.5. The van der Waals surface area contributed by atoms with E-state index in [1.165, 1.54) is 0 Å². The van der Waals surface area contributed by atoms with E-state index >= 15 is 0 Å². The van der Waals surface area contributed by atoms with Gasteiger partial charge in [-0.25, -0.2) is 0 Å². The highest BCUT2D eigenvalue weighted by Crippen LogP contribution is 2.29. The van der Waals surface area contributed by atoms with Gasteiger partial charge in [0.05, 0.1) is 14.2 Å². The van der Waals surface area contributed by atoms with Crippen LogP contribution in [0.3, 0.4) is 0 Å². The Morgan fingerprint density at radius 3 is 2.74 bits per heavy atom. The lowest BCUT2D eigenvalue weighted by Gasteiger charge is -2.14. The van der Waals surface area contributed by atoms with E-state index < -0.39 is 0 Å². The van der Waals surface area contributed by atoms with Crippen molar-refractivity contribution in [1.29, 1.82) is 0 Å². The van der Waals surface area contributed by atoms with Crippen molar-refractivity contribution >= 4 is 5.91 Å². The third kappa shape index (κ3) is 3.40. The lowest BCUT2D eigenvalue weighted by atomic mass is 9.94. The van der Waals surface area contributed by atoms with E-state index in [0.717, 1.165) is 43.5 Å². The van der Waals surface area contributed by atoms with Crippen LogP contribution in [-0.2, 0) is 11.2 Å². The monoisotopic (exact) mass is 263 g/mol. The summed E-state index contributed by atoms with van der Waals surface area (Å²) in [6.07, 6.45) is 3.90. The van der Waals surface area contributed by atoms with Gasteiger partial charge in [-0.2, -0.15) is 0 Å². The second-order valence-electron chi connectivity index (χ2n) is 4.88. The van der Waals surface area contributed by atoms with E-state index in [0.29, 0.717) is 5.75 Å². The van der Waals surface area contributed by atoms with Crippen LogP contribution in [0, 0.1) is 5.92 Å². The molecule has 0 aliphatic carbocycles. The molecule has 4 heteroatoms. The molecule has 1 unspecified atom stereocenters. The fraction of sp³-hybridized carbons (Fsp3) is 0.533. The third-order valence-electron chi connectivity index (χ3n) is 3.58. The maximum atomic E-state index is 11.9. The van der Waals surface area contributed by atoms with E-state index in [4.69, 9.17) is 9.47 Å². The minimum Gasteiger partial charge on any atom is -0.493 e. The zero-order valence-electron chi connectivity index (χ0n) is 11.6. The maximum absolute atomic E-state index is 11.9. The highest BCUT2D eigenvalue weighted by atomic mass is 16.5. The van der Waals surface area contributed by atoms with Crippen LogP contribution >= 0.6 is 0 Å². The molecule has 0 saturated carbocycles. The summed E-state index contributed by atoms with van der Waals surface area (Å²) in [5.41, 5.74) is 1.11. The van der Waals surface area contributed by atoms with Crippen molar-refractivity contribution in [1.82, 2.24) is 5.32 Å². The van der Waals surface area contributed by atoms with Gasteiger partial charge in [0.1, 0.15) is 0 Å². The Kier molecular flexibility index (Phi) is 4.66. The summed E-state index contributed by atoms with van der Waals surface area (Å²) < 4.78 is 10.5. The van der Waals surface area contributed by atoms with Gasteiger partial charge in [-0.05, 0) is 37.0 Å². The van der Waals surface area contributed by atoms with Crippen molar-refractivity contribution in [2.24, 2.45) is 5.92 Å². The molecule has 0 aromatic heterocycles. The molecule has 1 saturated heterocycles. The van der Waals surface area contributed by atoms with Gasteiger partial charge in [-0.3, -0.25) is 4.79 Å². The average molecular weight is 263 g/mol. The Morgan fingerprint density at radius 1 is 1.21 bits per heavy atom. The number of nitrogens with one attached hydrogen (secondary N) is 1. The fourth-order valence-corrected chi connectivity index (χ4v) is 2.49. The zero-order valence-corrected chi connectivity index (χ0v) is 11.6. The third-order valence-corrected chi connectivity index (χ3v) is 3.58. The Bertz CT molecular complexity index is 445. The Balaban J connectivity index is 2.11. The molecule has 1 aliphatic heterocycles. The molecule has 1 amide bonds. The number of carbonyl (C=O) groups is 1. The molecule has 1 atom stereocenters. The second-order valence-corrected chi connectivity index (χ2v) is 4.88. The molecule has 1 aromatic rings. The van der Waals surface area contributed by atoms with Crippen LogP contribution < -0.4 is 14.8 Å². The molecule has 2 rings (SSSR count). The van der Waals surface area contributed by atoms with Crippen LogP contribution in [0.25, 0.3) is 0 Å². The Hall–Kier alpha value is -1.71. The highest BCUT2D eigenvalue weighted by Gasteiger charge is 2.21. The van der Waals surface area contributed by atoms with Gasteiger partial charge in [0, 0.05) is 12.5 Å². The molecule has 0 spiro atoms. The topological polar surface area (TPSA) is 47.6 Å². The van der Waals surface area contributed by atoms with E-state index in [-0.39, 0.29) is 11.8 Å². The fourth-order valence-electron chi connectivity index (χ4n) is 2.49. The first-order valence-corrected chi connectivity index (χ1v) is 6.73. The second kappa shape index (κ2) is 6.45. The molecule has 1 fully saturated rings. The smallest absolute Gasteiger partial charge is 0.223 e. The largest absolute Gasteiger partial charge is 0.493 e. The highest BCUT2D eigenvalue weighted by molar-refractivity contribution is 5.79. The quantitative estimate of drug-likeness (QED) is 0.905. The molecular formula is C15H21NO3. The summed E-state index contributed by atoms with van der Waals surface area (Å²) in [6.45, 7) is 0.807. The van der Waals surface area contributed by atoms with Gasteiger partial charge < -0.3 is 14.8 Å². The van der Waals surface area contributed by atoms with Crippen LogP contribution in [0.5, 0.6) is 11.5 Å². The molecule has 4 nitrogen and oxygen atoms in total. The number of hydrogen-bond acceptors (Lipinski definition) is 3.